The van der Waals surface area contributed by atoms with E-state index in [0.717, 1.165) is 28.8 Å². The number of phenolic OH excluding ortho intramolecular Hbond substituents is 1. The molecule has 230 valence electrons. The molecule has 4 rings (SSSR count). The number of carboxylic acids is 1. The molecule has 1 unspecified atom stereocenters. The van der Waals surface area contributed by atoms with Crippen molar-refractivity contribution in [1.82, 2.24) is 20.4 Å². The molecule has 0 bridgehead atoms. The number of hydrogen-bond acceptors (Lipinski definition) is 13. The minimum atomic E-state index is -1.79. The van der Waals surface area contributed by atoms with Crippen molar-refractivity contribution >= 4 is 87.8 Å². The number of carboxylic acid groups (broad SMARTS) is 1. The number of β-lactam (4-membered cyclic amide) rings is 1. The molecule has 0 aliphatic carbocycles. The molecule has 3 atom stereocenters. The van der Waals surface area contributed by atoms with Crippen molar-refractivity contribution in [2.75, 3.05) is 18.3 Å². The second-order valence-corrected chi connectivity index (χ2v) is 14.2. The number of benzene rings is 1. The van der Waals surface area contributed by atoms with Gasteiger partial charge in [0.25, 0.3) is 5.91 Å². The number of aromatic hydroxyl groups is 1. The lowest BCUT2D eigenvalue weighted by molar-refractivity contribution is -0.174. The summed E-state index contributed by atoms with van der Waals surface area (Å²) in [6.45, 7) is 3.98. The summed E-state index contributed by atoms with van der Waals surface area (Å²) in [4.78, 5) is 66.0. The summed E-state index contributed by atoms with van der Waals surface area (Å²) in [6.07, 6.45) is 1.39. The Bertz CT molecular complexity index is 1480. The molecule has 1 aromatic carbocycles. The summed E-state index contributed by atoms with van der Waals surface area (Å²) < 4.78 is 10.6. The Kier molecular flexibility index (Phi) is 9.85. The normalized spacial score (nSPS) is 20.3. The maximum atomic E-state index is 13.9. The average Bonchev–Trinajstić information content (AvgIpc) is 3.46. The minimum absolute atomic E-state index is 0.0735. The van der Waals surface area contributed by atoms with Gasteiger partial charge in [0.1, 0.15) is 16.6 Å². The van der Waals surface area contributed by atoms with E-state index < -0.39 is 64.5 Å². The van der Waals surface area contributed by atoms with Gasteiger partial charge in [-0.25, -0.2) is 4.79 Å². The SMILES string of the molecule is CC(C)(C)C(=O)OCOC(=O)C(C(=O)N[C@]1(CSc2nncs2)C(=O)N2C(C(=O)O)=CCS[C@H]21)c1cc(Cl)c(O)c(Cl)c1. The first-order chi connectivity index (χ1) is 20.2. The van der Waals surface area contributed by atoms with E-state index in [1.165, 1.54) is 34.7 Å². The lowest BCUT2D eigenvalue weighted by atomic mass is 9.87. The van der Waals surface area contributed by atoms with E-state index in [1.807, 2.05) is 0 Å². The van der Waals surface area contributed by atoms with E-state index in [0.29, 0.717) is 4.34 Å². The van der Waals surface area contributed by atoms with Crippen LogP contribution in [0.1, 0.15) is 32.3 Å². The lowest BCUT2D eigenvalue weighted by Gasteiger charge is -2.56. The van der Waals surface area contributed by atoms with Crippen LogP contribution in [0.5, 0.6) is 5.75 Å². The molecule has 1 saturated heterocycles. The molecule has 0 radical (unpaired) electrons. The van der Waals surface area contributed by atoms with Gasteiger partial charge in [0.2, 0.25) is 12.7 Å². The first-order valence-corrected chi connectivity index (χ1v) is 16.0. The first-order valence-electron chi connectivity index (χ1n) is 12.3. The van der Waals surface area contributed by atoms with Crippen LogP contribution >= 0.6 is 58.1 Å². The number of carbonyl (C=O) groups is 5. The molecular weight excluding hydrogens is 667 g/mol. The average molecular weight is 692 g/mol. The number of rotatable bonds is 10. The van der Waals surface area contributed by atoms with Gasteiger partial charge in [-0.05, 0) is 44.5 Å². The standard InChI is InChI=1S/C25H24Cl2N4O9S3/c1-24(2,3)22(38)40-10-39-19(36)15(11-6-12(26)16(32)13(27)7-11)17(33)29-25(8-42-23-30-28-9-43-23)20(37)31-14(18(34)35)4-5-41-21(25)31/h4,6-7,9,15,21,32H,5,8,10H2,1-3H3,(H,29,33)(H,34,35)/t15?,21-,25+/m0/s1. The Morgan fingerprint density at radius 2 is 1.91 bits per heavy atom. The topological polar surface area (TPSA) is 185 Å². The number of amides is 2. The van der Waals surface area contributed by atoms with Crippen molar-refractivity contribution < 1.29 is 43.7 Å². The fraction of sp³-hybridized carbons (Fsp3) is 0.400. The smallest absolute Gasteiger partial charge is 0.352 e. The second kappa shape index (κ2) is 12.9. The molecule has 1 aromatic heterocycles. The predicted molar refractivity (Wildman–Crippen MR) is 158 cm³/mol. The van der Waals surface area contributed by atoms with Crippen molar-refractivity contribution in [2.24, 2.45) is 5.41 Å². The van der Waals surface area contributed by atoms with Crippen LogP contribution in [0.3, 0.4) is 0 Å². The van der Waals surface area contributed by atoms with E-state index in [4.69, 9.17) is 32.7 Å². The van der Waals surface area contributed by atoms with Crippen LogP contribution in [-0.4, -0.2) is 84.2 Å². The van der Waals surface area contributed by atoms with Crippen LogP contribution in [0, 0.1) is 5.41 Å². The van der Waals surface area contributed by atoms with Gasteiger partial charge >= 0.3 is 17.9 Å². The molecule has 2 amide bonds. The zero-order valence-electron chi connectivity index (χ0n) is 22.7. The summed E-state index contributed by atoms with van der Waals surface area (Å²) in [6, 6.07) is 2.27. The van der Waals surface area contributed by atoms with Crippen LogP contribution in [-0.2, 0) is 33.4 Å². The van der Waals surface area contributed by atoms with Gasteiger partial charge in [0.05, 0.1) is 15.5 Å². The molecule has 0 saturated carbocycles. The molecule has 3 heterocycles. The lowest BCUT2D eigenvalue weighted by Crippen LogP contribution is -2.81. The first kappa shape index (κ1) is 32.9. The molecule has 3 N–H and O–H groups in total. The predicted octanol–water partition coefficient (Wildman–Crippen LogP) is 3.26. The van der Waals surface area contributed by atoms with E-state index in [9.17, 15) is 34.2 Å². The number of carbonyl (C=O) groups excluding carboxylic acids is 4. The monoisotopic (exact) mass is 690 g/mol. The van der Waals surface area contributed by atoms with E-state index >= 15 is 0 Å². The molecule has 1 fully saturated rings. The molecule has 13 nitrogen and oxygen atoms in total. The summed E-state index contributed by atoms with van der Waals surface area (Å²) >= 11 is 15.7. The number of fused-ring (bicyclic) bond motifs is 1. The number of nitrogens with one attached hydrogen (secondary N) is 1. The largest absolute Gasteiger partial charge is 0.505 e. The number of thioether (sulfide) groups is 2. The van der Waals surface area contributed by atoms with Gasteiger partial charge in [-0.2, -0.15) is 0 Å². The van der Waals surface area contributed by atoms with E-state index in [1.54, 1.807) is 20.8 Å². The maximum absolute atomic E-state index is 13.9. The highest BCUT2D eigenvalue weighted by Gasteiger charge is 2.65. The van der Waals surface area contributed by atoms with Gasteiger partial charge in [-0.3, -0.25) is 24.1 Å². The number of ether oxygens (including phenoxy) is 2. The molecule has 43 heavy (non-hydrogen) atoms. The highest BCUT2D eigenvalue weighted by atomic mass is 35.5. The molecule has 2 aromatic rings. The van der Waals surface area contributed by atoms with Crippen LogP contribution in [0.25, 0.3) is 0 Å². The van der Waals surface area contributed by atoms with Crippen LogP contribution < -0.4 is 5.32 Å². The summed E-state index contributed by atoms with van der Waals surface area (Å²) in [5.74, 6) is -6.98. The fourth-order valence-electron chi connectivity index (χ4n) is 4.11. The summed E-state index contributed by atoms with van der Waals surface area (Å²) in [7, 11) is 0. The van der Waals surface area contributed by atoms with Gasteiger partial charge < -0.3 is 25.0 Å². The van der Waals surface area contributed by atoms with Gasteiger partial charge in [-0.1, -0.05) is 46.3 Å². The fourth-order valence-corrected chi connectivity index (χ4v) is 7.70. The molecule has 2 aliphatic heterocycles. The Labute approximate surface area is 267 Å². The van der Waals surface area contributed by atoms with Crippen LogP contribution in [0.4, 0.5) is 0 Å². The van der Waals surface area contributed by atoms with E-state index in [-0.39, 0.29) is 32.8 Å². The molecule has 2 aliphatic rings. The van der Waals surface area contributed by atoms with Crippen LogP contribution in [0.15, 0.2) is 33.8 Å². The van der Waals surface area contributed by atoms with E-state index in [2.05, 4.69) is 15.5 Å². The highest BCUT2D eigenvalue weighted by Crippen LogP contribution is 2.47. The number of aliphatic carboxylic acids is 1. The maximum Gasteiger partial charge on any atom is 0.352 e. The van der Waals surface area contributed by atoms with Gasteiger partial charge in [-0.15, -0.1) is 22.0 Å². The Morgan fingerprint density at radius 1 is 1.23 bits per heavy atom. The highest BCUT2D eigenvalue weighted by molar-refractivity contribution is 8.01. The molecular formula is C25H24Cl2N4O9S3. The quantitative estimate of drug-likeness (QED) is 0.109. The van der Waals surface area contributed by atoms with Crippen molar-refractivity contribution in [3.05, 3.63) is 45.0 Å². The third kappa shape index (κ3) is 6.72. The van der Waals surface area contributed by atoms with Gasteiger partial charge in [0.15, 0.2) is 21.5 Å². The molecule has 18 heteroatoms. The molecule has 0 spiro atoms. The zero-order chi connectivity index (χ0) is 31.7. The second-order valence-electron chi connectivity index (χ2n) is 10.2. The Balaban J connectivity index is 1.67. The van der Waals surface area contributed by atoms with Crippen molar-refractivity contribution in [3.8, 4) is 5.75 Å². The third-order valence-corrected chi connectivity index (χ3v) is 10.2. The number of aromatic nitrogens is 2. The number of hydrogen-bond donors (Lipinski definition) is 3. The number of esters is 2. The summed E-state index contributed by atoms with van der Waals surface area (Å²) in [5.41, 5.74) is -1.40. The summed E-state index contributed by atoms with van der Waals surface area (Å²) in [5, 5.41) is 28.7. The van der Waals surface area contributed by atoms with Crippen molar-refractivity contribution in [2.45, 2.75) is 41.9 Å². The number of phenols is 1. The zero-order valence-corrected chi connectivity index (χ0v) is 26.6. The van der Waals surface area contributed by atoms with Gasteiger partial charge in [0, 0.05) is 11.5 Å². The van der Waals surface area contributed by atoms with Crippen molar-refractivity contribution in [3.63, 3.8) is 0 Å². The van der Waals surface area contributed by atoms with Crippen LogP contribution in [0.2, 0.25) is 10.0 Å². The minimum Gasteiger partial charge on any atom is -0.505 e. The Hall–Kier alpha value is -3.05. The number of halogens is 2. The number of nitrogens with zero attached hydrogens (tertiary/aromatic N) is 3. The van der Waals surface area contributed by atoms with Crippen molar-refractivity contribution in [1.29, 1.82) is 0 Å². The Morgan fingerprint density at radius 3 is 2.49 bits per heavy atom. The third-order valence-electron chi connectivity index (χ3n) is 6.25.